The van der Waals surface area contributed by atoms with Crippen LogP contribution >= 0.6 is 0 Å². The number of benzene rings is 1. The molecule has 3 nitrogen and oxygen atoms in total. The molecule has 0 aliphatic rings. The highest BCUT2D eigenvalue weighted by Gasteiger charge is 2.23. The van der Waals surface area contributed by atoms with E-state index >= 15 is 0 Å². The van der Waals surface area contributed by atoms with Gasteiger partial charge >= 0.3 is 0 Å². The number of nitrogens with zero attached hydrogens (tertiary/aromatic N) is 1. The average Bonchev–Trinajstić information content (AvgIpc) is 2.29. The van der Waals surface area contributed by atoms with E-state index in [0.29, 0.717) is 0 Å². The Kier molecular flexibility index (Phi) is 4.85. The molecule has 0 bridgehead atoms. The Morgan fingerprint density at radius 2 is 1.83 bits per heavy atom. The molecule has 96 valence electrons. The largest absolute Gasteiger partial charge is 0.348 e. The van der Waals surface area contributed by atoms with Gasteiger partial charge in [-0.3, -0.25) is 4.79 Å². The number of carbonyl (C=O) groups is 1. The van der Waals surface area contributed by atoms with E-state index in [-0.39, 0.29) is 23.7 Å². The van der Waals surface area contributed by atoms with Crippen molar-refractivity contribution in [3.05, 3.63) is 35.6 Å². The minimum atomic E-state index is -0.659. The van der Waals surface area contributed by atoms with Crippen molar-refractivity contribution < 1.29 is 9.18 Å². The van der Waals surface area contributed by atoms with E-state index in [1.165, 1.54) is 12.1 Å². The molecule has 1 aromatic rings. The van der Waals surface area contributed by atoms with Gasteiger partial charge in [-0.05, 0) is 30.5 Å². The zero-order chi connectivity index (χ0) is 13.7. The van der Waals surface area contributed by atoms with Crippen LogP contribution in [0.5, 0.6) is 0 Å². The van der Waals surface area contributed by atoms with Gasteiger partial charge in [-0.15, -0.1) is 0 Å². The molecule has 1 aromatic carbocycles. The molecule has 1 rings (SSSR count). The number of nitriles is 1. The summed E-state index contributed by atoms with van der Waals surface area (Å²) < 4.78 is 12.8. The first-order valence-electron chi connectivity index (χ1n) is 5.91. The van der Waals surface area contributed by atoms with Gasteiger partial charge in [0.05, 0.1) is 12.1 Å². The van der Waals surface area contributed by atoms with Crippen molar-refractivity contribution in [3.63, 3.8) is 0 Å². The Balaban J connectivity index is 2.70. The fraction of sp³-hybridized carbons (Fsp3) is 0.429. The van der Waals surface area contributed by atoms with Crippen LogP contribution in [0.15, 0.2) is 24.3 Å². The fourth-order valence-electron chi connectivity index (χ4n) is 1.65. The van der Waals surface area contributed by atoms with Gasteiger partial charge in [0.25, 0.3) is 0 Å². The quantitative estimate of drug-likeness (QED) is 0.890. The van der Waals surface area contributed by atoms with Crippen LogP contribution in [-0.2, 0) is 4.79 Å². The Hall–Kier alpha value is -1.89. The summed E-state index contributed by atoms with van der Waals surface area (Å²) in [5, 5.41) is 11.7. The number of halogens is 1. The third-order valence-corrected chi connectivity index (χ3v) is 2.82. The van der Waals surface area contributed by atoms with Crippen molar-refractivity contribution in [2.45, 2.75) is 26.8 Å². The second-order valence-corrected chi connectivity index (χ2v) is 4.63. The maximum atomic E-state index is 12.8. The lowest BCUT2D eigenvalue weighted by Gasteiger charge is -2.18. The van der Waals surface area contributed by atoms with E-state index in [9.17, 15) is 9.18 Å². The van der Waals surface area contributed by atoms with Crippen LogP contribution in [0.3, 0.4) is 0 Å². The summed E-state index contributed by atoms with van der Waals surface area (Å²) in [6, 6.07) is 7.70. The molecule has 2 atom stereocenters. The van der Waals surface area contributed by atoms with Crippen molar-refractivity contribution in [2.24, 2.45) is 11.8 Å². The van der Waals surface area contributed by atoms with Gasteiger partial charge in [0, 0.05) is 0 Å². The molecule has 0 saturated heterocycles. The topological polar surface area (TPSA) is 52.9 Å². The standard InChI is InChI=1S/C14H17FN2O/c1-9(2)13(8-16)14(18)17-10(3)11-4-6-12(15)7-5-11/h4-7,9-10,13H,1-3H3,(H,17,18). The van der Waals surface area contributed by atoms with Crippen LogP contribution in [-0.4, -0.2) is 5.91 Å². The van der Waals surface area contributed by atoms with Gasteiger partial charge in [-0.25, -0.2) is 4.39 Å². The van der Waals surface area contributed by atoms with Crippen molar-refractivity contribution in [1.82, 2.24) is 5.32 Å². The number of carbonyl (C=O) groups excluding carboxylic acids is 1. The molecule has 0 spiro atoms. The second-order valence-electron chi connectivity index (χ2n) is 4.63. The first kappa shape index (κ1) is 14.2. The Bertz CT molecular complexity index is 448. The van der Waals surface area contributed by atoms with Crippen LogP contribution in [0.25, 0.3) is 0 Å². The lowest BCUT2D eigenvalue weighted by Crippen LogP contribution is -2.34. The minimum Gasteiger partial charge on any atom is -0.348 e. The minimum absolute atomic E-state index is 0.0320. The summed E-state index contributed by atoms with van der Waals surface area (Å²) in [4.78, 5) is 11.9. The lowest BCUT2D eigenvalue weighted by atomic mass is 9.96. The summed E-state index contributed by atoms with van der Waals surface area (Å²) in [5.41, 5.74) is 0.810. The van der Waals surface area contributed by atoms with Gasteiger partial charge in [-0.1, -0.05) is 26.0 Å². The normalized spacial score (nSPS) is 13.8. The molecule has 0 fully saturated rings. The van der Waals surface area contributed by atoms with Crippen molar-refractivity contribution in [3.8, 4) is 6.07 Å². The molecule has 0 aliphatic heterocycles. The highest BCUT2D eigenvalue weighted by atomic mass is 19.1. The predicted molar refractivity (Wildman–Crippen MR) is 66.9 cm³/mol. The van der Waals surface area contributed by atoms with Crippen molar-refractivity contribution in [1.29, 1.82) is 5.26 Å². The fourth-order valence-corrected chi connectivity index (χ4v) is 1.65. The van der Waals surface area contributed by atoms with Crippen LogP contribution in [0.1, 0.15) is 32.4 Å². The SMILES string of the molecule is CC(NC(=O)C(C#N)C(C)C)c1ccc(F)cc1. The molecule has 0 aromatic heterocycles. The third-order valence-electron chi connectivity index (χ3n) is 2.82. The van der Waals surface area contributed by atoms with E-state index in [2.05, 4.69) is 5.32 Å². The van der Waals surface area contributed by atoms with E-state index in [4.69, 9.17) is 5.26 Å². The van der Waals surface area contributed by atoms with E-state index in [1.54, 1.807) is 19.1 Å². The third kappa shape index (κ3) is 3.56. The Morgan fingerprint density at radius 3 is 2.28 bits per heavy atom. The van der Waals surface area contributed by atoms with Gasteiger partial charge in [0.1, 0.15) is 11.7 Å². The summed E-state index contributed by atoms with van der Waals surface area (Å²) >= 11 is 0. The Morgan fingerprint density at radius 1 is 1.28 bits per heavy atom. The summed E-state index contributed by atoms with van der Waals surface area (Å²) in [6.07, 6.45) is 0. The first-order chi connectivity index (χ1) is 8.45. The zero-order valence-electron chi connectivity index (χ0n) is 10.8. The number of amides is 1. The number of nitrogens with one attached hydrogen (secondary N) is 1. The van der Waals surface area contributed by atoms with Crippen molar-refractivity contribution in [2.75, 3.05) is 0 Å². The number of rotatable bonds is 4. The Labute approximate surface area is 107 Å². The average molecular weight is 248 g/mol. The molecule has 0 aliphatic carbocycles. The predicted octanol–water partition coefficient (Wildman–Crippen LogP) is 2.80. The zero-order valence-corrected chi connectivity index (χ0v) is 10.8. The van der Waals surface area contributed by atoms with Crippen LogP contribution in [0.4, 0.5) is 4.39 Å². The van der Waals surface area contributed by atoms with Crippen LogP contribution in [0.2, 0.25) is 0 Å². The molecule has 0 heterocycles. The summed E-state index contributed by atoms with van der Waals surface area (Å²) in [5.74, 6) is -1.29. The van der Waals surface area contributed by atoms with E-state index < -0.39 is 5.92 Å². The number of hydrogen-bond acceptors (Lipinski definition) is 2. The molecule has 0 saturated carbocycles. The summed E-state index contributed by atoms with van der Waals surface area (Å²) in [6.45, 7) is 5.46. The second kappa shape index (κ2) is 6.15. The molecule has 18 heavy (non-hydrogen) atoms. The highest BCUT2D eigenvalue weighted by Crippen LogP contribution is 2.16. The van der Waals surface area contributed by atoms with E-state index in [1.807, 2.05) is 19.9 Å². The van der Waals surface area contributed by atoms with Crippen LogP contribution in [0, 0.1) is 29.0 Å². The smallest absolute Gasteiger partial charge is 0.238 e. The van der Waals surface area contributed by atoms with Gasteiger partial charge in [-0.2, -0.15) is 5.26 Å². The number of hydrogen-bond donors (Lipinski definition) is 1. The molecular formula is C14H17FN2O. The first-order valence-corrected chi connectivity index (χ1v) is 5.91. The highest BCUT2D eigenvalue weighted by molar-refractivity contribution is 5.81. The summed E-state index contributed by atoms with van der Waals surface area (Å²) in [7, 11) is 0. The van der Waals surface area contributed by atoms with Gasteiger partial charge in [0.15, 0.2) is 0 Å². The van der Waals surface area contributed by atoms with Crippen molar-refractivity contribution >= 4 is 5.91 Å². The van der Waals surface area contributed by atoms with Gasteiger partial charge < -0.3 is 5.32 Å². The molecule has 1 amide bonds. The monoisotopic (exact) mass is 248 g/mol. The lowest BCUT2D eigenvalue weighted by molar-refractivity contribution is -0.125. The molecule has 0 radical (unpaired) electrons. The molecular weight excluding hydrogens is 231 g/mol. The van der Waals surface area contributed by atoms with E-state index in [0.717, 1.165) is 5.56 Å². The van der Waals surface area contributed by atoms with Gasteiger partial charge in [0.2, 0.25) is 5.91 Å². The maximum Gasteiger partial charge on any atom is 0.238 e. The van der Waals surface area contributed by atoms with Crippen LogP contribution < -0.4 is 5.32 Å². The molecule has 2 unspecified atom stereocenters. The molecule has 1 N–H and O–H groups in total. The molecule has 4 heteroatoms. The maximum absolute atomic E-state index is 12.8.